The number of benzene rings is 8. The van der Waals surface area contributed by atoms with Crippen LogP contribution in [0.2, 0.25) is 0 Å². The number of aromatic nitrogens is 12. The summed E-state index contributed by atoms with van der Waals surface area (Å²) in [5.41, 5.74) is 11.2. The molecule has 0 saturated heterocycles. The van der Waals surface area contributed by atoms with Crippen LogP contribution in [0.15, 0.2) is 195 Å². The number of alkyl halides is 12. The van der Waals surface area contributed by atoms with E-state index in [2.05, 4.69) is 105 Å². The number of halogens is 12. The van der Waals surface area contributed by atoms with E-state index in [0.717, 1.165) is 118 Å². The zero-order valence-corrected chi connectivity index (χ0v) is 72.7. The first-order chi connectivity index (χ1) is 67.4. The summed E-state index contributed by atoms with van der Waals surface area (Å²) >= 11 is 0. The van der Waals surface area contributed by atoms with Gasteiger partial charge in [0.2, 0.25) is 23.6 Å². The number of pyridine rings is 4. The maximum absolute atomic E-state index is 13.1. The second kappa shape index (κ2) is 31.8. The van der Waals surface area contributed by atoms with Gasteiger partial charge < -0.3 is 69.6 Å². The van der Waals surface area contributed by atoms with E-state index in [1.165, 1.54) is 46.5 Å². The number of hydrogen-bond acceptors (Lipinski definition) is 18. The maximum atomic E-state index is 13.1. The molecule has 4 fully saturated rings. The number of amides is 4. The number of H-pyrrole nitrogens is 4. The molecule has 28 rings (SSSR count). The lowest BCUT2D eigenvalue weighted by Crippen LogP contribution is -2.20. The molecule has 4 amide bonds. The van der Waals surface area contributed by atoms with Gasteiger partial charge in [0.15, 0.2) is 0 Å². The van der Waals surface area contributed by atoms with Gasteiger partial charge in [0.05, 0.1) is 78.2 Å². The molecule has 8 N–H and O–H groups in total. The smallest absolute Gasteiger partial charge is 0.416 e. The van der Waals surface area contributed by atoms with Crippen LogP contribution in [0, 0.1) is 11.8 Å². The molecular formula is C102H72F12N16O10. The monoisotopic (exact) mass is 1910 g/mol. The molecule has 38 heteroatoms. The molecule has 6 aliphatic heterocycles. The summed E-state index contributed by atoms with van der Waals surface area (Å²) in [6, 6.07) is 44.8. The third-order valence-electron chi connectivity index (χ3n) is 28.3. The average Bonchev–Trinajstić information content (AvgIpc) is 1.55. The van der Waals surface area contributed by atoms with E-state index < -0.39 is 47.0 Å². The summed E-state index contributed by atoms with van der Waals surface area (Å²) in [7, 11) is 0. The summed E-state index contributed by atoms with van der Waals surface area (Å²) in [6.45, 7) is 0. The Bertz CT molecular complexity index is 7030. The number of carbonyl (C=O) groups is 4. The van der Waals surface area contributed by atoms with E-state index >= 15 is 0 Å². The van der Waals surface area contributed by atoms with Gasteiger partial charge in [0.1, 0.15) is 116 Å². The Kier molecular flexibility index (Phi) is 19.5. The summed E-state index contributed by atoms with van der Waals surface area (Å²) in [6.07, 6.45) is -5.80. The van der Waals surface area contributed by atoms with Crippen molar-refractivity contribution < 1.29 is 100 Å². The number of nitrogens with zero attached hydrogens (tertiary/aromatic N) is 8. The zero-order chi connectivity index (χ0) is 95.6. The highest BCUT2D eigenvalue weighted by atomic mass is 19.4. The number of carbonyl (C=O) groups excluding carboxylic acids is 4. The van der Waals surface area contributed by atoms with E-state index in [4.69, 9.17) is 28.4 Å². The Morgan fingerprint density at radius 1 is 0.286 bits per heavy atom. The van der Waals surface area contributed by atoms with Crippen molar-refractivity contribution in [2.45, 2.75) is 148 Å². The lowest BCUT2D eigenvalue weighted by molar-refractivity contribution is -0.138. The van der Waals surface area contributed by atoms with Gasteiger partial charge in [0, 0.05) is 108 Å². The van der Waals surface area contributed by atoms with Crippen molar-refractivity contribution in [1.29, 1.82) is 0 Å². The van der Waals surface area contributed by atoms with Crippen molar-refractivity contribution in [3.63, 3.8) is 0 Å². The second-order valence-corrected chi connectivity index (χ2v) is 36.8. The van der Waals surface area contributed by atoms with Crippen molar-refractivity contribution in [2.75, 3.05) is 21.3 Å². The van der Waals surface area contributed by atoms with Crippen LogP contribution in [0.1, 0.15) is 174 Å². The summed E-state index contributed by atoms with van der Waals surface area (Å²) < 4.78 is 194. The van der Waals surface area contributed by atoms with Crippen LogP contribution in [-0.2, 0) is 82.4 Å². The van der Waals surface area contributed by atoms with E-state index in [9.17, 15) is 71.9 Å². The Hall–Kier alpha value is -15.9. The molecule has 0 radical (unpaired) electrons. The Balaban J connectivity index is 0.0000000985. The molecule has 0 bridgehead atoms. The molecule has 12 aliphatic rings. The van der Waals surface area contributed by atoms with Crippen LogP contribution in [0.4, 0.5) is 76.0 Å². The molecule has 16 aromatic rings. The van der Waals surface area contributed by atoms with Crippen LogP contribution < -0.4 is 49.7 Å². The number of ether oxygens (including phenoxy) is 6. The minimum absolute atomic E-state index is 0.0434. The first-order valence-corrected chi connectivity index (χ1v) is 45.4. The van der Waals surface area contributed by atoms with Gasteiger partial charge in [-0.2, -0.15) is 52.7 Å². The number of fused-ring (bicyclic) bond motifs is 20. The van der Waals surface area contributed by atoms with Gasteiger partial charge in [0.25, 0.3) is 0 Å². The Labute approximate surface area is 782 Å². The molecule has 6 aliphatic carbocycles. The highest BCUT2D eigenvalue weighted by Gasteiger charge is 2.64. The largest absolute Gasteiger partial charge is 0.489 e. The fraction of sp³-hybridized carbons (Fsp3) is 0.255. The van der Waals surface area contributed by atoms with Crippen LogP contribution in [0.25, 0.3) is 44.1 Å². The maximum Gasteiger partial charge on any atom is 0.416 e. The average molecular weight is 1910 g/mol. The highest BCUT2D eigenvalue weighted by Crippen LogP contribution is 2.69. The quantitative estimate of drug-likeness (QED) is 0.0527. The Morgan fingerprint density at radius 2 is 0.557 bits per heavy atom. The number of hydrogen-bond donors (Lipinski definition) is 8. The summed E-state index contributed by atoms with van der Waals surface area (Å²) in [4.78, 5) is 94.3. The molecule has 2 unspecified atom stereocenters. The Morgan fingerprint density at radius 3 is 0.843 bits per heavy atom. The third-order valence-corrected chi connectivity index (χ3v) is 28.3. The predicted molar refractivity (Wildman–Crippen MR) is 480 cm³/mol. The van der Waals surface area contributed by atoms with Crippen molar-refractivity contribution in [2.24, 2.45) is 11.8 Å². The SMILES string of the molecule is O=C1CCc2c(Oc3ccc4c(c3)[C@H]3C(c5nc6ccc(C(F)(F)F)cc6[nH]5)[C@H]3C4)ccnc2N1.O=C1CCc2c(Oc3ccc4c(c3)[C@H]3C(c5nc6ccc(C(F)(F)F)cc6[nH]5)[C@H]3O4)ccnc2N1.O=C1CCc2c(Oc3ccc4c(c3)[C@H]3[C@@H](C4)[C@@H]3c3nc4ccc(C(F)(F)F)cc4[nH]3)ccnc2N1.O=C1CCc2c(Oc3ccc4c(c3)[C@H]3[C@@H](O4)[C@@H]3c3nc4ccc(C(F)(F)F)cc4[nH]3)ccnc2N1. The topological polar surface area (TPSA) is 338 Å². The second-order valence-electron chi connectivity index (χ2n) is 36.8. The zero-order valence-electron chi connectivity index (χ0n) is 72.7. The van der Waals surface area contributed by atoms with Crippen molar-refractivity contribution in [3.05, 3.63) is 296 Å². The third kappa shape index (κ3) is 15.5. The minimum atomic E-state index is -4.41. The molecule has 12 atom stereocenters. The van der Waals surface area contributed by atoms with Gasteiger partial charge in [-0.1, -0.05) is 12.1 Å². The first kappa shape index (κ1) is 85.7. The van der Waals surface area contributed by atoms with Crippen LogP contribution >= 0.6 is 0 Å². The van der Waals surface area contributed by atoms with Crippen molar-refractivity contribution in [3.8, 4) is 57.5 Å². The number of imidazole rings is 4. The van der Waals surface area contributed by atoms with Gasteiger partial charge in [-0.25, -0.2) is 39.9 Å². The van der Waals surface area contributed by atoms with E-state index in [0.29, 0.717) is 188 Å². The van der Waals surface area contributed by atoms with Gasteiger partial charge in [-0.15, -0.1) is 0 Å². The fourth-order valence-electron chi connectivity index (χ4n) is 21.5. The fourth-order valence-corrected chi connectivity index (χ4v) is 21.5. The van der Waals surface area contributed by atoms with E-state index in [-0.39, 0.29) is 83.2 Å². The predicted octanol–water partition coefficient (Wildman–Crippen LogP) is 22.0. The molecule has 8 aromatic heterocycles. The molecule has 0 spiro atoms. The van der Waals surface area contributed by atoms with Gasteiger partial charge in [-0.05, 0) is 242 Å². The number of anilines is 4. The van der Waals surface area contributed by atoms with E-state index in [1.807, 2.05) is 48.5 Å². The normalized spacial score (nSPS) is 22.3. The molecule has 8 aromatic carbocycles. The molecule has 704 valence electrons. The minimum Gasteiger partial charge on any atom is -0.489 e. The molecule has 4 saturated carbocycles. The number of aromatic amines is 4. The lowest BCUT2D eigenvalue weighted by atomic mass is 10.0. The van der Waals surface area contributed by atoms with Crippen molar-refractivity contribution >= 4 is 91.0 Å². The van der Waals surface area contributed by atoms with Gasteiger partial charge >= 0.3 is 24.7 Å². The van der Waals surface area contributed by atoms with Crippen LogP contribution in [0.5, 0.6) is 57.5 Å². The molecular weight excluding hydrogens is 1840 g/mol. The number of rotatable bonds is 12. The first-order valence-electron chi connectivity index (χ1n) is 45.4. The summed E-state index contributed by atoms with van der Waals surface area (Å²) in [5, 5.41) is 11.1. The molecule has 26 nitrogen and oxygen atoms in total. The number of nitrogens with one attached hydrogen (secondary N) is 8. The van der Waals surface area contributed by atoms with Crippen LogP contribution in [0.3, 0.4) is 0 Å². The highest BCUT2D eigenvalue weighted by molar-refractivity contribution is 5.96. The lowest BCUT2D eigenvalue weighted by Gasteiger charge is -2.19. The van der Waals surface area contributed by atoms with Gasteiger partial charge in [-0.3, -0.25) is 19.2 Å². The summed E-state index contributed by atoms with van der Waals surface area (Å²) in [5.74, 6) is 13.0. The standard InChI is InChI=1S/2C26H19F3N4O2.2C25H17F3N4O3/c2*27-26(28,29)13-2-5-18-19(10-13)32-25(31-18)23-17-9-12-1-3-14(11-16(12)22(17)23)35-20-7-8-30-24-15(20)4-6-21(34)33-24;2*26-25(27,28)11-1-4-15-16(9-11)31-24(30-15)21-20-14-10-12(2-5-17(14)35-22(20)21)34-18-7-8-29-23-13(18)3-6-19(33)32-23/h2*1-3,5,7-8,10-11,17,22-23H,4,6,9H2,(H,31,32)(H,30,33,34);2*1-2,4-5,7-10,20-22H,3,6H2,(H,30,31)(H,29,32,33)/t17-,22+,23?;17-,22+,23+;20-,21?,22-;20-,21-,22-/m0101/s1. The molecule has 14 heterocycles. The van der Waals surface area contributed by atoms with E-state index in [1.54, 1.807) is 49.1 Å². The van der Waals surface area contributed by atoms with Crippen molar-refractivity contribution in [1.82, 2.24) is 59.8 Å². The van der Waals surface area contributed by atoms with Crippen LogP contribution in [-0.4, -0.2) is 95.6 Å². The molecule has 140 heavy (non-hydrogen) atoms.